The Morgan fingerprint density at radius 1 is 0.529 bits per heavy atom. The molecule has 480 valence electrons. The molecule has 0 radical (unpaired) electrons. The second-order valence-corrected chi connectivity index (χ2v) is 36.9. The number of carbonyl (C=O) groups excluding carboxylic acids is 7. The number of halogens is 1. The van der Waals surface area contributed by atoms with Crippen LogP contribution in [0, 0.1) is 23.7 Å². The van der Waals surface area contributed by atoms with Crippen LogP contribution >= 0.6 is 15.9 Å². The molecule has 0 bridgehead atoms. The average Bonchev–Trinajstić information content (AvgIpc) is 3.64. The molecule has 1 N–H and O–H groups in total. The van der Waals surface area contributed by atoms with Crippen molar-refractivity contribution < 1.29 is 85.5 Å². The van der Waals surface area contributed by atoms with E-state index in [1.807, 2.05) is 41.5 Å². The highest BCUT2D eigenvalue weighted by atomic mass is 79.9. The number of ketones is 2. The number of nitrogens with zero attached hydrogens (tertiary/aromatic N) is 2. The lowest BCUT2D eigenvalue weighted by atomic mass is 9.82. The highest BCUT2D eigenvalue weighted by Crippen LogP contribution is 2.39. The maximum atomic E-state index is 13.7. The van der Waals surface area contributed by atoms with Crippen LogP contribution in [0.1, 0.15) is 142 Å². The summed E-state index contributed by atoms with van der Waals surface area (Å²) >= 11 is 2.99. The van der Waals surface area contributed by atoms with Gasteiger partial charge >= 0.3 is 36.1 Å². The fourth-order valence-corrected chi connectivity index (χ4v) is 11.2. The van der Waals surface area contributed by atoms with Crippen molar-refractivity contribution in [2.45, 2.75) is 180 Å². The molecule has 4 unspecified atom stereocenters. The molecular weight excluding hydrogens is 1200 g/mol. The number of alkyl halides is 1. The molecule has 2 aromatic carbocycles. The maximum absolute atomic E-state index is 13.7. The van der Waals surface area contributed by atoms with Crippen molar-refractivity contribution in [3.63, 3.8) is 0 Å². The number of benzene rings is 2. The highest BCUT2D eigenvalue weighted by Gasteiger charge is 2.43. The van der Waals surface area contributed by atoms with Gasteiger partial charge in [-0.15, -0.1) is 0 Å². The second kappa shape index (κ2) is 33.1. The lowest BCUT2D eigenvalue weighted by Crippen LogP contribution is -2.45. The summed E-state index contributed by atoms with van der Waals surface area (Å²) in [6, 6.07) is 12.7. The number of ether oxygens (including phenoxy) is 7. The van der Waals surface area contributed by atoms with Crippen LogP contribution in [0.2, 0.25) is 36.3 Å². The summed E-state index contributed by atoms with van der Waals surface area (Å²) in [5, 5.41) is 9.80. The third kappa shape index (κ3) is 24.7. The highest BCUT2D eigenvalue weighted by molar-refractivity contribution is 9.10. The molecule has 2 aromatic rings. The molecule has 0 aliphatic carbocycles. The summed E-state index contributed by atoms with van der Waals surface area (Å²) < 4.78 is 48.5. The molecule has 2 heterocycles. The minimum absolute atomic E-state index is 0.0114. The molecule has 0 spiro atoms. The van der Waals surface area contributed by atoms with Crippen LogP contribution in [-0.2, 0) is 51.7 Å². The Morgan fingerprint density at radius 3 is 1.19 bits per heavy atom. The van der Waals surface area contributed by atoms with E-state index in [2.05, 4.69) is 88.4 Å². The van der Waals surface area contributed by atoms with Gasteiger partial charge < -0.3 is 56.9 Å². The van der Waals surface area contributed by atoms with Gasteiger partial charge in [-0.2, -0.15) is 0 Å². The number of carboxylic acids is 1. The largest absolute Gasteiger partial charge is 0.497 e. The van der Waals surface area contributed by atoms with Crippen molar-refractivity contribution >= 4 is 80.2 Å². The molecule has 0 saturated carbocycles. The van der Waals surface area contributed by atoms with E-state index >= 15 is 0 Å². The Labute approximate surface area is 515 Å². The van der Waals surface area contributed by atoms with Gasteiger partial charge in [-0.25, -0.2) is 14.4 Å². The van der Waals surface area contributed by atoms with Crippen LogP contribution in [0.5, 0.6) is 11.5 Å². The number of esters is 3. The van der Waals surface area contributed by atoms with E-state index in [1.165, 1.54) is 26.4 Å². The first-order valence-corrected chi connectivity index (χ1v) is 35.7. The number of hydrogen-bond acceptors (Lipinski definition) is 17. The van der Waals surface area contributed by atoms with Crippen LogP contribution in [0.25, 0.3) is 0 Å². The van der Waals surface area contributed by atoms with E-state index in [0.29, 0.717) is 95.0 Å². The number of hydrogen-bond donors (Lipinski definition) is 1. The number of carbonyl (C=O) groups is 8. The van der Waals surface area contributed by atoms with Crippen molar-refractivity contribution in [2.75, 3.05) is 67.8 Å². The molecule has 85 heavy (non-hydrogen) atoms. The quantitative estimate of drug-likeness (QED) is 0.0305. The zero-order valence-electron chi connectivity index (χ0n) is 54.2. The van der Waals surface area contributed by atoms with Gasteiger partial charge in [0.05, 0.1) is 40.3 Å². The van der Waals surface area contributed by atoms with Crippen molar-refractivity contribution in [3.05, 3.63) is 59.7 Å². The number of rotatable bonds is 21. The van der Waals surface area contributed by atoms with Crippen molar-refractivity contribution in [3.8, 4) is 11.5 Å². The Balaban J connectivity index is 0.000000487. The lowest BCUT2D eigenvalue weighted by Gasteiger charge is -2.38. The van der Waals surface area contributed by atoms with Gasteiger partial charge in [-0.05, 0) is 177 Å². The van der Waals surface area contributed by atoms with Crippen LogP contribution in [0.3, 0.4) is 0 Å². The standard InChI is InChI=1S/C31H49NO9Si.C20H39NO5Si.C11H11BrO4/c1-30(2,3)41-29(36)32-18-15-21(16-19-32)24(17-20-39-42(9,10)31(4,5)6)27(34)40-26(28(35)38-8)25(33)22-11-13-23(37-7)14-12-22;1-19(2,3)26-18(24)21-12-9-15(10-13-21)16(17(22)23)11-14-25-27(7,8)20(4,5)6;1-15-8-5-3-7(4-6-8)10(13)9(12)11(14)16-2/h11-14,21,24,26H,15-20H2,1-10H3;15-16H,9-14H2,1-8H3,(H,22,23);3-6,9H,1-2H3. The van der Waals surface area contributed by atoms with Gasteiger partial charge in [-0.1, -0.05) is 57.5 Å². The van der Waals surface area contributed by atoms with Crippen LogP contribution < -0.4 is 9.47 Å². The third-order valence-corrected chi connectivity index (χ3v) is 25.7. The van der Waals surface area contributed by atoms with E-state index in [-0.39, 0.29) is 39.4 Å². The minimum atomic E-state index is -2.09. The summed E-state index contributed by atoms with van der Waals surface area (Å²) in [6.45, 7) is 35.3. The van der Waals surface area contributed by atoms with Crippen molar-refractivity contribution in [1.82, 2.24) is 9.80 Å². The molecular formula is C62H99BrN2O18Si2. The van der Waals surface area contributed by atoms with E-state index in [9.17, 15) is 43.5 Å². The predicted octanol–water partition coefficient (Wildman–Crippen LogP) is 12.2. The lowest BCUT2D eigenvalue weighted by molar-refractivity contribution is -0.167. The topological polar surface area (TPSA) is 246 Å². The number of Topliss-reactive ketones (excluding diaryl/α,β-unsaturated/α-hetero) is 2. The molecule has 0 aromatic heterocycles. The van der Waals surface area contributed by atoms with Gasteiger partial charge in [0.15, 0.2) is 27.2 Å². The first kappa shape index (κ1) is 75.7. The zero-order valence-corrected chi connectivity index (χ0v) is 57.8. The average molecular weight is 1300 g/mol. The predicted molar refractivity (Wildman–Crippen MR) is 332 cm³/mol. The number of likely N-dealkylation sites (tertiary alicyclic amines) is 2. The monoisotopic (exact) mass is 1290 g/mol. The normalized spacial score (nSPS) is 16.1. The smallest absolute Gasteiger partial charge is 0.410 e. The van der Waals surface area contributed by atoms with E-state index in [4.69, 9.17) is 37.3 Å². The van der Waals surface area contributed by atoms with E-state index in [1.54, 1.807) is 53.3 Å². The molecule has 23 heteroatoms. The van der Waals surface area contributed by atoms with Crippen molar-refractivity contribution in [2.24, 2.45) is 23.7 Å². The molecule has 2 fully saturated rings. The Kier molecular flexibility index (Phi) is 29.5. The van der Waals surface area contributed by atoms with Gasteiger partial charge in [-0.3, -0.25) is 24.0 Å². The Bertz CT molecular complexity index is 2500. The second-order valence-electron chi connectivity index (χ2n) is 26.4. The molecule has 20 nitrogen and oxygen atoms in total. The summed E-state index contributed by atoms with van der Waals surface area (Å²) in [7, 11) is 1.46. The number of piperidine rings is 2. The van der Waals surface area contributed by atoms with Crippen LogP contribution in [0.15, 0.2) is 48.5 Å². The maximum Gasteiger partial charge on any atom is 0.410 e. The summed E-state index contributed by atoms with van der Waals surface area (Å²) in [5.41, 5.74) is -0.519. The molecule has 2 aliphatic rings. The van der Waals surface area contributed by atoms with Crippen LogP contribution in [0.4, 0.5) is 9.59 Å². The Morgan fingerprint density at radius 2 is 0.871 bits per heavy atom. The van der Waals surface area contributed by atoms with Crippen LogP contribution in [-0.4, -0.2) is 169 Å². The fourth-order valence-electron chi connectivity index (χ4n) is 8.58. The summed E-state index contributed by atoms with van der Waals surface area (Å²) in [6.07, 6.45) is 0.884. The summed E-state index contributed by atoms with van der Waals surface area (Å²) in [5.74, 6) is -3.96. The SMILES string of the molecule is CC(C)(C)OC(=O)N1CCC(C(CCO[Si](C)(C)C(C)(C)C)C(=O)O)CC1.COC(=O)C(Br)C(=O)c1ccc(OC)cc1.COC(=O)C(OC(=O)C(CCO[Si](C)(C)C(C)(C)C)C1CCN(C(=O)OC(C)(C)C)CC1)C(=O)c1ccc(OC)cc1. The van der Waals surface area contributed by atoms with E-state index < -0.39 is 86.4 Å². The first-order chi connectivity index (χ1) is 39.1. The van der Waals surface area contributed by atoms with Gasteiger partial charge in [0.25, 0.3) is 6.10 Å². The summed E-state index contributed by atoms with van der Waals surface area (Å²) in [4.78, 5) is 101. The minimum Gasteiger partial charge on any atom is -0.497 e. The third-order valence-electron chi connectivity index (χ3n) is 15.8. The molecule has 2 aliphatic heterocycles. The number of amides is 2. The van der Waals surface area contributed by atoms with E-state index in [0.717, 1.165) is 7.11 Å². The molecule has 2 amide bonds. The number of aliphatic carboxylic acids is 1. The van der Waals surface area contributed by atoms with Gasteiger partial charge in [0.2, 0.25) is 5.78 Å². The van der Waals surface area contributed by atoms with Gasteiger partial charge in [0.1, 0.15) is 22.7 Å². The Hall–Kier alpha value is -5.37. The van der Waals surface area contributed by atoms with Crippen molar-refractivity contribution in [1.29, 1.82) is 0 Å². The van der Waals surface area contributed by atoms with Gasteiger partial charge in [0, 0.05) is 50.5 Å². The molecule has 2 saturated heterocycles. The fraction of sp³-hybridized carbons (Fsp3) is 0.677. The molecule has 4 rings (SSSR count). The first-order valence-electron chi connectivity index (χ1n) is 29.0. The number of methoxy groups -OCH3 is 4. The zero-order chi connectivity index (χ0) is 65.1. The molecule has 4 atom stereocenters. The number of carboxylic acid groups (broad SMARTS) is 1.